The number of likely N-dealkylation sites (N-methyl/N-ethyl adjacent to an activating group) is 1. The van der Waals surface area contributed by atoms with Crippen LogP contribution in [0.1, 0.15) is 36.5 Å². The standard InChI is InChI=1S/C23H25FN2O3/c1-14(2)19-11-20-16(9-23(28)29-21(20)8-15(19)3)12-26(4)13-22(27)25-18-7-5-6-17(24)10-18/h5-11,14H,12-13H2,1-4H3,(H,25,27). The molecule has 0 unspecified atom stereocenters. The van der Waals surface area contributed by atoms with E-state index in [1.54, 1.807) is 24.1 Å². The van der Waals surface area contributed by atoms with Gasteiger partial charge in [0.1, 0.15) is 11.4 Å². The molecule has 152 valence electrons. The summed E-state index contributed by atoms with van der Waals surface area (Å²) in [5.41, 5.74) is 3.62. The van der Waals surface area contributed by atoms with Gasteiger partial charge in [-0.2, -0.15) is 0 Å². The van der Waals surface area contributed by atoms with E-state index >= 15 is 0 Å². The van der Waals surface area contributed by atoms with Crippen LogP contribution in [0.4, 0.5) is 10.1 Å². The molecule has 0 saturated heterocycles. The van der Waals surface area contributed by atoms with E-state index in [4.69, 9.17) is 4.42 Å². The maximum absolute atomic E-state index is 13.3. The van der Waals surface area contributed by atoms with Crippen molar-refractivity contribution in [2.75, 3.05) is 18.9 Å². The molecule has 3 rings (SSSR count). The third-order valence-electron chi connectivity index (χ3n) is 4.80. The first-order chi connectivity index (χ1) is 13.7. The van der Waals surface area contributed by atoms with Gasteiger partial charge in [-0.3, -0.25) is 9.69 Å². The van der Waals surface area contributed by atoms with Crippen LogP contribution in [0.5, 0.6) is 0 Å². The summed E-state index contributed by atoms with van der Waals surface area (Å²) in [6.07, 6.45) is 0. The van der Waals surface area contributed by atoms with Crippen LogP contribution in [0.3, 0.4) is 0 Å². The number of benzene rings is 2. The van der Waals surface area contributed by atoms with Crippen molar-refractivity contribution in [1.82, 2.24) is 4.90 Å². The maximum atomic E-state index is 13.3. The van der Waals surface area contributed by atoms with E-state index in [0.717, 1.165) is 16.5 Å². The van der Waals surface area contributed by atoms with Crippen molar-refractivity contribution in [3.8, 4) is 0 Å². The van der Waals surface area contributed by atoms with Gasteiger partial charge in [0.15, 0.2) is 0 Å². The molecule has 1 aromatic heterocycles. The molecule has 6 heteroatoms. The summed E-state index contributed by atoms with van der Waals surface area (Å²) < 4.78 is 18.7. The first-order valence-electron chi connectivity index (χ1n) is 9.54. The SMILES string of the molecule is Cc1cc2oc(=O)cc(CN(C)CC(=O)Nc3cccc(F)c3)c2cc1C(C)C. The molecule has 0 fully saturated rings. The fourth-order valence-electron chi connectivity index (χ4n) is 3.50. The largest absolute Gasteiger partial charge is 0.423 e. The summed E-state index contributed by atoms with van der Waals surface area (Å²) in [5.74, 6) is -0.326. The van der Waals surface area contributed by atoms with Crippen LogP contribution in [-0.2, 0) is 11.3 Å². The van der Waals surface area contributed by atoms with Crippen molar-refractivity contribution < 1.29 is 13.6 Å². The molecule has 1 amide bonds. The predicted molar refractivity (Wildman–Crippen MR) is 113 cm³/mol. The minimum Gasteiger partial charge on any atom is -0.423 e. The van der Waals surface area contributed by atoms with Crippen molar-refractivity contribution in [2.24, 2.45) is 0 Å². The fourth-order valence-corrected chi connectivity index (χ4v) is 3.50. The molecule has 2 aromatic carbocycles. The zero-order valence-electron chi connectivity index (χ0n) is 17.1. The van der Waals surface area contributed by atoms with Gasteiger partial charge in [-0.05, 0) is 66.9 Å². The Morgan fingerprint density at radius 1 is 1.21 bits per heavy atom. The number of carbonyl (C=O) groups is 1. The highest BCUT2D eigenvalue weighted by molar-refractivity contribution is 5.92. The van der Waals surface area contributed by atoms with Crippen LogP contribution in [0, 0.1) is 12.7 Å². The summed E-state index contributed by atoms with van der Waals surface area (Å²) in [6.45, 7) is 6.75. The smallest absolute Gasteiger partial charge is 0.336 e. The third-order valence-corrected chi connectivity index (χ3v) is 4.80. The third kappa shape index (κ3) is 5.09. The van der Waals surface area contributed by atoms with Gasteiger partial charge in [0.25, 0.3) is 0 Å². The Kier molecular flexibility index (Phi) is 6.13. The lowest BCUT2D eigenvalue weighted by Gasteiger charge is -2.18. The summed E-state index contributed by atoms with van der Waals surface area (Å²) in [5, 5.41) is 3.55. The van der Waals surface area contributed by atoms with Gasteiger partial charge >= 0.3 is 5.63 Å². The first-order valence-corrected chi connectivity index (χ1v) is 9.54. The molecule has 1 N–H and O–H groups in total. The van der Waals surface area contributed by atoms with Gasteiger partial charge in [0.05, 0.1) is 6.54 Å². The highest BCUT2D eigenvalue weighted by Gasteiger charge is 2.14. The van der Waals surface area contributed by atoms with Gasteiger partial charge < -0.3 is 9.73 Å². The number of amides is 1. The average molecular weight is 396 g/mol. The van der Waals surface area contributed by atoms with Gasteiger partial charge in [-0.15, -0.1) is 0 Å². The van der Waals surface area contributed by atoms with Crippen molar-refractivity contribution in [3.05, 3.63) is 75.4 Å². The quantitative estimate of drug-likeness (QED) is 0.626. The number of anilines is 1. The topological polar surface area (TPSA) is 62.6 Å². The van der Waals surface area contributed by atoms with Crippen LogP contribution in [0.2, 0.25) is 0 Å². The normalized spacial score (nSPS) is 11.4. The van der Waals surface area contributed by atoms with Crippen molar-refractivity contribution in [3.63, 3.8) is 0 Å². The number of nitrogens with one attached hydrogen (secondary N) is 1. The van der Waals surface area contributed by atoms with Crippen molar-refractivity contribution >= 4 is 22.6 Å². The minimum atomic E-state index is -0.415. The van der Waals surface area contributed by atoms with Crippen LogP contribution in [0.25, 0.3) is 11.0 Å². The molecular weight excluding hydrogens is 371 g/mol. The number of hydrogen-bond acceptors (Lipinski definition) is 4. The Hall–Kier alpha value is -2.99. The van der Waals surface area contributed by atoms with E-state index in [9.17, 15) is 14.0 Å². The van der Waals surface area contributed by atoms with Crippen LogP contribution < -0.4 is 10.9 Å². The highest BCUT2D eigenvalue weighted by atomic mass is 19.1. The molecule has 29 heavy (non-hydrogen) atoms. The molecule has 1 heterocycles. The molecule has 0 aliphatic heterocycles. The molecular formula is C23H25FN2O3. The van der Waals surface area contributed by atoms with Gasteiger partial charge in [0.2, 0.25) is 5.91 Å². The van der Waals surface area contributed by atoms with Crippen LogP contribution in [-0.4, -0.2) is 24.4 Å². The minimum absolute atomic E-state index is 0.0983. The van der Waals surface area contributed by atoms with E-state index in [1.807, 2.05) is 13.0 Å². The molecule has 0 atom stereocenters. The van der Waals surface area contributed by atoms with Crippen molar-refractivity contribution in [2.45, 2.75) is 33.2 Å². The Balaban J connectivity index is 1.80. The molecule has 3 aromatic rings. The zero-order chi connectivity index (χ0) is 21.1. The maximum Gasteiger partial charge on any atom is 0.336 e. The predicted octanol–water partition coefficient (Wildman–Crippen LogP) is 4.43. The highest BCUT2D eigenvalue weighted by Crippen LogP contribution is 2.27. The molecule has 5 nitrogen and oxygen atoms in total. The zero-order valence-corrected chi connectivity index (χ0v) is 17.1. The lowest BCUT2D eigenvalue weighted by molar-refractivity contribution is -0.117. The first kappa shape index (κ1) is 20.7. The molecule has 0 aliphatic carbocycles. The number of carbonyl (C=O) groups excluding carboxylic acids is 1. The monoisotopic (exact) mass is 396 g/mol. The Morgan fingerprint density at radius 2 is 1.97 bits per heavy atom. The van der Waals surface area contributed by atoms with Crippen molar-refractivity contribution in [1.29, 1.82) is 0 Å². The number of hydrogen-bond donors (Lipinski definition) is 1. The number of nitrogens with zero attached hydrogens (tertiary/aromatic N) is 1. The Labute approximate surface area is 169 Å². The van der Waals surface area contributed by atoms with Gasteiger partial charge in [-0.25, -0.2) is 9.18 Å². The molecule has 0 saturated carbocycles. The van der Waals surface area contributed by atoms with Gasteiger partial charge in [0, 0.05) is 23.7 Å². The summed E-state index contributed by atoms with van der Waals surface area (Å²) in [6, 6.07) is 11.2. The second-order valence-electron chi connectivity index (χ2n) is 7.68. The average Bonchev–Trinajstić information content (AvgIpc) is 2.60. The second-order valence-corrected chi connectivity index (χ2v) is 7.68. The summed E-state index contributed by atoms with van der Waals surface area (Å²) >= 11 is 0. The second kappa shape index (κ2) is 8.57. The van der Waals surface area contributed by atoms with E-state index < -0.39 is 11.4 Å². The summed E-state index contributed by atoms with van der Waals surface area (Å²) in [4.78, 5) is 26.1. The van der Waals surface area contributed by atoms with Crippen LogP contribution in [0.15, 0.2) is 51.7 Å². The van der Waals surface area contributed by atoms with E-state index in [1.165, 1.54) is 23.8 Å². The fraction of sp³-hybridized carbons (Fsp3) is 0.304. The number of halogens is 1. The Morgan fingerprint density at radius 3 is 2.66 bits per heavy atom. The van der Waals surface area contributed by atoms with E-state index in [0.29, 0.717) is 23.7 Å². The Bertz CT molecular complexity index is 1100. The molecule has 0 radical (unpaired) electrons. The molecule has 0 spiro atoms. The summed E-state index contributed by atoms with van der Waals surface area (Å²) in [7, 11) is 1.79. The molecule has 0 bridgehead atoms. The van der Waals surface area contributed by atoms with Crippen LogP contribution >= 0.6 is 0 Å². The molecule has 0 aliphatic rings. The lowest BCUT2D eigenvalue weighted by atomic mass is 9.95. The van der Waals surface area contributed by atoms with E-state index in [2.05, 4.69) is 25.2 Å². The number of aryl methyl sites for hydroxylation is 1. The lowest BCUT2D eigenvalue weighted by Crippen LogP contribution is -2.30. The van der Waals surface area contributed by atoms with E-state index in [-0.39, 0.29) is 12.5 Å². The van der Waals surface area contributed by atoms with Gasteiger partial charge in [-0.1, -0.05) is 19.9 Å². The number of fused-ring (bicyclic) bond motifs is 1. The number of rotatable bonds is 6.